The first kappa shape index (κ1) is 16.4. The predicted molar refractivity (Wildman–Crippen MR) is 74.0 cm³/mol. The summed E-state index contributed by atoms with van der Waals surface area (Å²) in [6, 6.07) is 7.25. The lowest BCUT2D eigenvalue weighted by Crippen LogP contribution is -2.08. The molecule has 0 saturated heterocycles. The number of carboxylic acid groups (broad SMARTS) is 1. The Balaban J connectivity index is 3.51. The van der Waals surface area contributed by atoms with E-state index < -0.39 is 11.5 Å². The number of allylic oxidation sites excluding steroid dienone is 2. The lowest BCUT2D eigenvalue weighted by molar-refractivity contribution is 0.0697. The topological polar surface area (TPSA) is 139 Å². The number of nitrogens with one attached hydrogen (secondary N) is 1. The minimum absolute atomic E-state index is 0.00954. The van der Waals surface area contributed by atoms with Gasteiger partial charge in [0.1, 0.15) is 23.9 Å². The Bertz CT molecular complexity index is 747. The Morgan fingerprint density at radius 1 is 1.09 bits per heavy atom. The summed E-state index contributed by atoms with van der Waals surface area (Å²) >= 11 is 0. The second kappa shape index (κ2) is 7.18. The van der Waals surface area contributed by atoms with Gasteiger partial charge in [-0.05, 0) is 0 Å². The quantitative estimate of drug-likeness (QED) is 0.782. The minimum atomic E-state index is -1.28. The van der Waals surface area contributed by atoms with Crippen LogP contribution in [0.2, 0.25) is 0 Å². The molecule has 0 radical (unpaired) electrons. The normalized spacial score (nSPS) is 8.68. The van der Waals surface area contributed by atoms with Crippen LogP contribution >= 0.6 is 0 Å². The summed E-state index contributed by atoms with van der Waals surface area (Å²) in [4.78, 5) is 11.3. The van der Waals surface area contributed by atoms with Crippen LogP contribution in [-0.2, 0) is 0 Å². The number of nitriles is 3. The molecule has 2 N–H and O–H groups in total. The third kappa shape index (κ3) is 3.24. The van der Waals surface area contributed by atoms with Crippen LogP contribution in [0, 0.1) is 34.0 Å². The molecule has 0 atom stereocenters. The summed E-state index contributed by atoms with van der Waals surface area (Å²) < 4.78 is 10.1. The van der Waals surface area contributed by atoms with Crippen molar-refractivity contribution in [3.8, 4) is 29.7 Å². The van der Waals surface area contributed by atoms with E-state index in [-0.39, 0.29) is 28.4 Å². The predicted octanol–water partition coefficient (Wildman–Crippen LogP) is 1.64. The van der Waals surface area contributed by atoms with Crippen LogP contribution in [0.15, 0.2) is 23.4 Å². The summed E-state index contributed by atoms with van der Waals surface area (Å²) in [5.74, 6) is -0.868. The average Bonchev–Trinajstić information content (AvgIpc) is 2.53. The van der Waals surface area contributed by atoms with Gasteiger partial charge in [0.15, 0.2) is 17.1 Å². The van der Waals surface area contributed by atoms with Crippen molar-refractivity contribution in [1.82, 2.24) is 0 Å². The number of hydrogen-bond acceptors (Lipinski definition) is 7. The molecule has 0 aliphatic rings. The van der Waals surface area contributed by atoms with E-state index in [4.69, 9.17) is 25.3 Å². The molecular formula is C14H10N4O4. The lowest BCUT2D eigenvalue weighted by atomic mass is 10.1. The molecule has 0 bridgehead atoms. The van der Waals surface area contributed by atoms with Gasteiger partial charge in [-0.3, -0.25) is 0 Å². The third-order valence-electron chi connectivity index (χ3n) is 2.60. The van der Waals surface area contributed by atoms with Crippen LogP contribution in [0.5, 0.6) is 11.5 Å². The van der Waals surface area contributed by atoms with Gasteiger partial charge in [0.2, 0.25) is 0 Å². The minimum Gasteiger partial charge on any atom is -0.493 e. The van der Waals surface area contributed by atoms with E-state index in [1.54, 1.807) is 18.2 Å². The van der Waals surface area contributed by atoms with Gasteiger partial charge in [-0.15, -0.1) is 0 Å². The van der Waals surface area contributed by atoms with Crippen molar-refractivity contribution in [3.63, 3.8) is 0 Å². The number of anilines is 1. The van der Waals surface area contributed by atoms with Gasteiger partial charge in [0.25, 0.3) is 0 Å². The summed E-state index contributed by atoms with van der Waals surface area (Å²) in [5.41, 5.74) is -1.04. The van der Waals surface area contributed by atoms with Crippen molar-refractivity contribution in [1.29, 1.82) is 15.8 Å². The fraction of sp³-hybridized carbons (Fsp3) is 0.143. The first-order valence-electron chi connectivity index (χ1n) is 5.73. The average molecular weight is 298 g/mol. The van der Waals surface area contributed by atoms with E-state index in [1.807, 2.05) is 0 Å². The van der Waals surface area contributed by atoms with E-state index in [1.165, 1.54) is 26.4 Å². The Morgan fingerprint density at radius 3 is 2.05 bits per heavy atom. The fourth-order valence-corrected chi connectivity index (χ4v) is 1.58. The second-order valence-electron chi connectivity index (χ2n) is 3.77. The van der Waals surface area contributed by atoms with Crippen LogP contribution < -0.4 is 14.8 Å². The van der Waals surface area contributed by atoms with Crippen LogP contribution in [0.3, 0.4) is 0 Å². The Labute approximate surface area is 126 Å². The standard InChI is InChI=1S/C14H10N4O4/c1-21-12-3-9(14(19)20)10(4-13(12)22-2)18-11(7-17)8(5-15)6-16/h3-4,18H,1-2H3,(H,19,20). The molecule has 1 aromatic carbocycles. The number of benzene rings is 1. The van der Waals surface area contributed by atoms with Crippen molar-refractivity contribution in [2.75, 3.05) is 19.5 Å². The number of hydrogen-bond donors (Lipinski definition) is 2. The van der Waals surface area contributed by atoms with Crippen LogP contribution in [0.4, 0.5) is 5.69 Å². The molecule has 8 heteroatoms. The van der Waals surface area contributed by atoms with Crippen molar-refractivity contribution in [2.45, 2.75) is 0 Å². The second-order valence-corrected chi connectivity index (χ2v) is 3.77. The van der Waals surface area contributed by atoms with E-state index in [9.17, 15) is 9.90 Å². The monoisotopic (exact) mass is 298 g/mol. The number of nitrogens with zero attached hydrogens (tertiary/aromatic N) is 3. The van der Waals surface area contributed by atoms with Crippen molar-refractivity contribution in [3.05, 3.63) is 29.0 Å². The van der Waals surface area contributed by atoms with Gasteiger partial charge in [0.05, 0.1) is 25.5 Å². The molecule has 8 nitrogen and oxygen atoms in total. The number of methoxy groups -OCH3 is 2. The highest BCUT2D eigenvalue weighted by Gasteiger charge is 2.18. The molecule has 0 spiro atoms. The van der Waals surface area contributed by atoms with E-state index in [0.717, 1.165) is 0 Å². The molecular weight excluding hydrogens is 288 g/mol. The summed E-state index contributed by atoms with van der Waals surface area (Å²) in [6.45, 7) is 0. The van der Waals surface area contributed by atoms with E-state index in [0.29, 0.717) is 0 Å². The SMILES string of the molecule is COc1cc(NC(C#N)=C(C#N)C#N)c(C(=O)O)cc1OC. The van der Waals surface area contributed by atoms with Crippen LogP contribution in [0.25, 0.3) is 0 Å². The Hall–Kier alpha value is -3.70. The number of carbonyl (C=O) groups is 1. The highest BCUT2D eigenvalue weighted by Crippen LogP contribution is 2.34. The van der Waals surface area contributed by atoms with Gasteiger partial charge in [-0.25, -0.2) is 4.79 Å². The van der Waals surface area contributed by atoms with Gasteiger partial charge < -0.3 is 19.9 Å². The van der Waals surface area contributed by atoms with E-state index >= 15 is 0 Å². The largest absolute Gasteiger partial charge is 0.493 e. The van der Waals surface area contributed by atoms with Gasteiger partial charge in [-0.1, -0.05) is 0 Å². The lowest BCUT2D eigenvalue weighted by Gasteiger charge is -2.13. The molecule has 0 aliphatic heterocycles. The number of rotatable bonds is 5. The van der Waals surface area contributed by atoms with Crippen molar-refractivity contribution >= 4 is 11.7 Å². The zero-order chi connectivity index (χ0) is 16.7. The van der Waals surface area contributed by atoms with Crippen LogP contribution in [0.1, 0.15) is 10.4 Å². The van der Waals surface area contributed by atoms with Crippen molar-refractivity contribution in [2.24, 2.45) is 0 Å². The maximum Gasteiger partial charge on any atom is 0.337 e. The summed E-state index contributed by atoms with van der Waals surface area (Å²) in [5, 5.41) is 38.3. The molecule has 110 valence electrons. The first-order chi connectivity index (χ1) is 10.5. The first-order valence-corrected chi connectivity index (χ1v) is 5.73. The highest BCUT2D eigenvalue weighted by molar-refractivity contribution is 5.96. The zero-order valence-corrected chi connectivity index (χ0v) is 11.7. The number of aromatic carboxylic acids is 1. The number of ether oxygens (including phenoxy) is 2. The van der Waals surface area contributed by atoms with Gasteiger partial charge >= 0.3 is 5.97 Å². The molecule has 0 amide bonds. The van der Waals surface area contributed by atoms with E-state index in [2.05, 4.69) is 5.32 Å². The molecule has 0 fully saturated rings. The maximum atomic E-state index is 11.3. The van der Waals surface area contributed by atoms with Crippen molar-refractivity contribution < 1.29 is 19.4 Å². The maximum absolute atomic E-state index is 11.3. The Morgan fingerprint density at radius 2 is 1.64 bits per heavy atom. The molecule has 0 aromatic heterocycles. The molecule has 1 aromatic rings. The fourth-order valence-electron chi connectivity index (χ4n) is 1.58. The third-order valence-corrected chi connectivity index (χ3v) is 2.60. The van der Waals surface area contributed by atoms with Gasteiger partial charge in [-0.2, -0.15) is 15.8 Å². The smallest absolute Gasteiger partial charge is 0.337 e. The molecule has 1 rings (SSSR count). The molecule has 0 saturated carbocycles. The zero-order valence-electron chi connectivity index (χ0n) is 11.7. The molecule has 0 heterocycles. The molecule has 22 heavy (non-hydrogen) atoms. The number of carboxylic acids is 1. The molecule has 0 aliphatic carbocycles. The van der Waals surface area contributed by atoms with Gasteiger partial charge in [0, 0.05) is 12.1 Å². The summed E-state index contributed by atoms with van der Waals surface area (Å²) in [7, 11) is 2.71. The highest BCUT2D eigenvalue weighted by atomic mass is 16.5. The summed E-state index contributed by atoms with van der Waals surface area (Å²) in [6.07, 6.45) is 0. The van der Waals surface area contributed by atoms with Crippen LogP contribution in [-0.4, -0.2) is 25.3 Å². The molecule has 0 unspecified atom stereocenters. The Kier molecular flexibility index (Phi) is 5.34.